The molecule has 0 aliphatic heterocycles. The van der Waals surface area contributed by atoms with Crippen LogP contribution in [0.5, 0.6) is 17.2 Å². The molecule has 0 radical (unpaired) electrons. The van der Waals surface area contributed by atoms with Crippen LogP contribution in [0.4, 0.5) is 0 Å². The van der Waals surface area contributed by atoms with Crippen molar-refractivity contribution < 1.29 is 18.6 Å². The molecule has 2 heterocycles. The summed E-state index contributed by atoms with van der Waals surface area (Å²) in [4.78, 5) is 20.1. The third-order valence-corrected chi connectivity index (χ3v) is 5.00. The van der Waals surface area contributed by atoms with E-state index >= 15 is 0 Å². The van der Waals surface area contributed by atoms with Gasteiger partial charge in [-0.15, -0.1) is 0 Å². The Morgan fingerprint density at radius 1 is 0.931 bits per heavy atom. The third kappa shape index (κ3) is 3.36. The number of aromatic amines is 1. The van der Waals surface area contributed by atoms with Crippen LogP contribution in [-0.4, -0.2) is 31.3 Å². The van der Waals surface area contributed by atoms with Crippen molar-refractivity contribution in [2.24, 2.45) is 0 Å². The summed E-state index contributed by atoms with van der Waals surface area (Å²) in [5.74, 6) is 2.44. The first kappa shape index (κ1) is 19.1. The van der Waals surface area contributed by atoms with Crippen LogP contribution in [0.25, 0.3) is 33.8 Å². The van der Waals surface area contributed by atoms with Crippen LogP contribution in [0.3, 0.4) is 0 Å². The van der Waals surface area contributed by atoms with Crippen molar-refractivity contribution >= 4 is 26.8 Å². The lowest BCUT2D eigenvalue weighted by Gasteiger charge is -2.14. The Morgan fingerprint density at radius 3 is 2.28 bits per heavy atom. The molecule has 1 N–H and O–H groups in total. The smallest absolute Gasteiger partial charge is 0.259 e. The maximum atomic E-state index is 12.7. The Kier molecular flexibility index (Phi) is 5.02. The molecule has 0 unspecified atom stereocenters. The number of hydrogen-bond donors (Lipinski definition) is 1. The van der Waals surface area contributed by atoms with E-state index in [1.165, 1.54) is 21.3 Å². The van der Waals surface area contributed by atoms with Crippen LogP contribution in [0.15, 0.2) is 56.1 Å². The van der Waals surface area contributed by atoms with Crippen LogP contribution in [0.1, 0.15) is 0 Å². The number of nitrogens with one attached hydrogen (secondary N) is 1. The molecular weight excluding hydrogens is 440 g/mol. The Bertz CT molecular complexity index is 1240. The first-order valence-corrected chi connectivity index (χ1v) is 9.44. The Labute approximate surface area is 174 Å². The largest absolute Gasteiger partial charge is 0.493 e. The van der Waals surface area contributed by atoms with Gasteiger partial charge >= 0.3 is 0 Å². The van der Waals surface area contributed by atoms with Gasteiger partial charge in [0.25, 0.3) is 5.56 Å². The van der Waals surface area contributed by atoms with Gasteiger partial charge in [-0.1, -0.05) is 28.1 Å². The van der Waals surface area contributed by atoms with Gasteiger partial charge in [0.1, 0.15) is 11.3 Å². The molecule has 4 rings (SSSR count). The van der Waals surface area contributed by atoms with Crippen LogP contribution in [0.2, 0.25) is 0 Å². The summed E-state index contributed by atoms with van der Waals surface area (Å²) in [6.45, 7) is 0. The van der Waals surface area contributed by atoms with Crippen molar-refractivity contribution in [1.29, 1.82) is 0 Å². The predicted molar refractivity (Wildman–Crippen MR) is 113 cm³/mol. The van der Waals surface area contributed by atoms with Crippen LogP contribution < -0.4 is 19.8 Å². The highest BCUT2D eigenvalue weighted by atomic mass is 79.9. The Balaban J connectivity index is 1.87. The fourth-order valence-electron chi connectivity index (χ4n) is 3.09. The number of H-pyrrole nitrogens is 1. The van der Waals surface area contributed by atoms with Gasteiger partial charge in [-0.2, -0.15) is 0 Å². The summed E-state index contributed by atoms with van der Waals surface area (Å²) < 4.78 is 23.1. The average Bonchev–Trinajstić information content (AvgIpc) is 3.23. The molecule has 0 amide bonds. The normalized spacial score (nSPS) is 10.9. The number of ether oxygens (including phenoxy) is 3. The number of fused-ring (bicyclic) bond motifs is 1. The predicted octanol–water partition coefficient (Wildman–Crippen LogP) is 4.64. The van der Waals surface area contributed by atoms with E-state index in [9.17, 15) is 4.79 Å². The number of nitrogens with zero attached hydrogens (tertiary/aromatic N) is 1. The third-order valence-electron chi connectivity index (χ3n) is 4.47. The molecule has 0 spiro atoms. The standard InChI is InChI=1S/C21H17BrN2O5/c1-26-16-10-13-17(19(28-3)18(16)27-2)23-20(24-21(13)25)15-9-8-14(29-15)11-4-6-12(22)7-5-11/h4-10H,1-3H3,(H,23,24,25). The number of methoxy groups -OCH3 is 3. The van der Waals surface area contributed by atoms with E-state index in [0.717, 1.165) is 10.0 Å². The second kappa shape index (κ2) is 7.63. The quantitative estimate of drug-likeness (QED) is 0.470. The van der Waals surface area contributed by atoms with Crippen molar-refractivity contribution in [2.75, 3.05) is 21.3 Å². The maximum Gasteiger partial charge on any atom is 0.259 e. The first-order chi connectivity index (χ1) is 14.0. The monoisotopic (exact) mass is 456 g/mol. The molecule has 0 fully saturated rings. The Morgan fingerprint density at radius 2 is 1.62 bits per heavy atom. The van der Waals surface area contributed by atoms with Gasteiger partial charge in [0.15, 0.2) is 23.1 Å². The van der Waals surface area contributed by atoms with Crippen molar-refractivity contribution in [3.63, 3.8) is 0 Å². The van der Waals surface area contributed by atoms with E-state index in [1.807, 2.05) is 30.3 Å². The van der Waals surface area contributed by atoms with Gasteiger partial charge in [-0.25, -0.2) is 4.98 Å². The zero-order valence-corrected chi connectivity index (χ0v) is 17.5. The van der Waals surface area contributed by atoms with E-state index in [2.05, 4.69) is 25.9 Å². The minimum Gasteiger partial charge on any atom is -0.493 e. The molecule has 2 aromatic carbocycles. The number of rotatable bonds is 5. The van der Waals surface area contributed by atoms with Gasteiger partial charge in [0, 0.05) is 10.0 Å². The van der Waals surface area contributed by atoms with Gasteiger partial charge in [-0.3, -0.25) is 4.79 Å². The number of hydrogen-bond acceptors (Lipinski definition) is 6. The van der Waals surface area contributed by atoms with E-state index in [-0.39, 0.29) is 11.4 Å². The highest BCUT2D eigenvalue weighted by Gasteiger charge is 2.20. The molecule has 2 aromatic heterocycles. The van der Waals surface area contributed by atoms with Crippen molar-refractivity contribution in [1.82, 2.24) is 9.97 Å². The zero-order chi connectivity index (χ0) is 20.5. The molecule has 8 heteroatoms. The summed E-state index contributed by atoms with van der Waals surface area (Å²) in [6.07, 6.45) is 0. The minimum absolute atomic E-state index is 0.288. The maximum absolute atomic E-state index is 12.7. The number of halogens is 1. The van der Waals surface area contributed by atoms with Gasteiger partial charge in [0.05, 0.1) is 26.7 Å². The second-order valence-corrected chi connectivity index (χ2v) is 7.04. The fraction of sp³-hybridized carbons (Fsp3) is 0.143. The number of aromatic nitrogens is 2. The van der Waals surface area contributed by atoms with Crippen LogP contribution >= 0.6 is 15.9 Å². The minimum atomic E-state index is -0.342. The zero-order valence-electron chi connectivity index (χ0n) is 15.9. The van der Waals surface area contributed by atoms with E-state index in [1.54, 1.807) is 12.1 Å². The van der Waals surface area contributed by atoms with E-state index in [0.29, 0.717) is 39.7 Å². The summed E-state index contributed by atoms with van der Waals surface area (Å²) in [6, 6.07) is 12.9. The molecular formula is C21H17BrN2O5. The molecule has 0 bridgehead atoms. The lowest BCUT2D eigenvalue weighted by Crippen LogP contribution is -2.11. The van der Waals surface area contributed by atoms with Crippen molar-refractivity contribution in [2.45, 2.75) is 0 Å². The highest BCUT2D eigenvalue weighted by molar-refractivity contribution is 9.10. The topological polar surface area (TPSA) is 86.6 Å². The molecule has 0 aliphatic rings. The van der Waals surface area contributed by atoms with Crippen molar-refractivity contribution in [3.05, 3.63) is 57.3 Å². The van der Waals surface area contributed by atoms with E-state index < -0.39 is 0 Å². The SMILES string of the molecule is COc1cc2c(=O)[nH]c(-c3ccc(-c4ccc(Br)cc4)o3)nc2c(OC)c1OC. The lowest BCUT2D eigenvalue weighted by atomic mass is 10.2. The molecule has 0 atom stereocenters. The lowest BCUT2D eigenvalue weighted by molar-refractivity contribution is 0.327. The molecule has 4 aromatic rings. The molecule has 148 valence electrons. The molecule has 29 heavy (non-hydrogen) atoms. The molecule has 0 saturated carbocycles. The summed E-state index contributed by atoms with van der Waals surface area (Å²) >= 11 is 3.42. The average molecular weight is 457 g/mol. The molecule has 7 nitrogen and oxygen atoms in total. The molecule has 0 saturated heterocycles. The van der Waals surface area contributed by atoms with Crippen LogP contribution in [-0.2, 0) is 0 Å². The number of benzene rings is 2. The summed E-state index contributed by atoms with van der Waals surface area (Å²) in [7, 11) is 4.47. The van der Waals surface area contributed by atoms with Crippen molar-refractivity contribution in [3.8, 4) is 40.2 Å². The highest BCUT2D eigenvalue weighted by Crippen LogP contribution is 2.42. The Hall–Kier alpha value is -3.26. The number of furan rings is 1. The fourth-order valence-corrected chi connectivity index (χ4v) is 3.36. The summed E-state index contributed by atoms with van der Waals surface area (Å²) in [5.41, 5.74) is 0.919. The van der Waals surface area contributed by atoms with Gasteiger partial charge in [0.2, 0.25) is 5.75 Å². The first-order valence-electron chi connectivity index (χ1n) is 8.65. The molecule has 0 aliphatic carbocycles. The second-order valence-electron chi connectivity index (χ2n) is 6.13. The van der Waals surface area contributed by atoms with E-state index in [4.69, 9.17) is 18.6 Å². The summed E-state index contributed by atoms with van der Waals surface area (Å²) in [5, 5.41) is 0.322. The van der Waals surface area contributed by atoms with Gasteiger partial charge in [-0.05, 0) is 30.3 Å². The van der Waals surface area contributed by atoms with Gasteiger partial charge < -0.3 is 23.6 Å². The van der Waals surface area contributed by atoms with Crippen LogP contribution in [0, 0.1) is 0 Å².